The Balaban J connectivity index is 1.98. The normalized spacial score (nSPS) is 21.6. The van der Waals surface area contributed by atoms with E-state index in [-0.39, 0.29) is 23.0 Å². The van der Waals surface area contributed by atoms with E-state index in [0.29, 0.717) is 13.0 Å². The average molecular weight is 285 g/mol. The lowest BCUT2D eigenvalue weighted by atomic mass is 10.0. The van der Waals surface area contributed by atoms with Crippen LogP contribution < -0.4 is 5.32 Å². The second-order valence-corrected chi connectivity index (χ2v) is 5.48. The highest BCUT2D eigenvalue weighted by Gasteiger charge is 2.24. The molecule has 0 spiro atoms. The van der Waals surface area contributed by atoms with Crippen LogP contribution >= 0.6 is 11.6 Å². The summed E-state index contributed by atoms with van der Waals surface area (Å²) in [7, 11) is 1.81. The van der Waals surface area contributed by atoms with Crippen LogP contribution in [0, 0.1) is 5.82 Å². The molecule has 0 radical (unpaired) electrons. The molecule has 0 bridgehead atoms. The molecule has 0 aliphatic carbocycles. The van der Waals surface area contributed by atoms with Gasteiger partial charge in [0, 0.05) is 32.1 Å². The molecule has 1 fully saturated rings. The van der Waals surface area contributed by atoms with E-state index < -0.39 is 5.82 Å². The molecular weight excluding hydrogens is 267 g/mol. The summed E-state index contributed by atoms with van der Waals surface area (Å²) in [5.41, 5.74) is 0.862. The second kappa shape index (κ2) is 5.88. The van der Waals surface area contributed by atoms with Crippen LogP contribution in [-0.4, -0.2) is 30.4 Å². The van der Waals surface area contributed by atoms with E-state index in [2.05, 4.69) is 5.32 Å². The molecule has 3 nitrogen and oxygen atoms in total. The maximum Gasteiger partial charge on any atom is 0.222 e. The number of carbonyl (C=O) groups is 1. The molecule has 1 aromatic rings. The number of hydrogen-bond acceptors (Lipinski definition) is 2. The molecule has 0 aromatic heterocycles. The highest BCUT2D eigenvalue weighted by atomic mass is 35.5. The Kier molecular flexibility index (Phi) is 4.42. The quantitative estimate of drug-likeness (QED) is 0.926. The Hall–Kier alpha value is -1.13. The summed E-state index contributed by atoms with van der Waals surface area (Å²) in [6, 6.07) is 5.12. The molecular formula is C14H18ClFN2O. The van der Waals surface area contributed by atoms with Gasteiger partial charge in [0.1, 0.15) is 5.82 Å². The first-order valence-electron chi connectivity index (χ1n) is 6.42. The Morgan fingerprint density at radius 3 is 2.89 bits per heavy atom. The van der Waals surface area contributed by atoms with E-state index in [1.807, 2.05) is 20.0 Å². The minimum atomic E-state index is -0.399. The molecule has 1 aromatic carbocycles. The highest BCUT2D eigenvalue weighted by molar-refractivity contribution is 6.30. The van der Waals surface area contributed by atoms with Gasteiger partial charge in [0.15, 0.2) is 0 Å². The molecule has 1 aliphatic rings. The van der Waals surface area contributed by atoms with Crippen LogP contribution in [0.15, 0.2) is 18.2 Å². The number of likely N-dealkylation sites (tertiary alicyclic amines) is 1. The summed E-state index contributed by atoms with van der Waals surface area (Å²) in [6.45, 7) is 2.68. The monoisotopic (exact) mass is 284 g/mol. The smallest absolute Gasteiger partial charge is 0.222 e. The molecule has 5 heteroatoms. The molecule has 1 amide bonds. The molecule has 2 atom stereocenters. The zero-order chi connectivity index (χ0) is 14.0. The van der Waals surface area contributed by atoms with Crippen molar-refractivity contribution in [1.29, 1.82) is 0 Å². The van der Waals surface area contributed by atoms with Gasteiger partial charge in [-0.1, -0.05) is 17.7 Å². The Morgan fingerprint density at radius 1 is 1.53 bits per heavy atom. The summed E-state index contributed by atoms with van der Waals surface area (Å²) in [4.78, 5) is 13.1. The molecule has 1 aliphatic heterocycles. The first-order valence-corrected chi connectivity index (χ1v) is 6.80. The van der Waals surface area contributed by atoms with Crippen molar-refractivity contribution < 1.29 is 9.18 Å². The predicted octanol–water partition coefficient (Wildman–Crippen LogP) is 2.75. The lowest BCUT2D eigenvalue weighted by Gasteiger charge is -2.32. The van der Waals surface area contributed by atoms with Gasteiger partial charge in [-0.25, -0.2) is 4.39 Å². The minimum absolute atomic E-state index is 0.0263. The van der Waals surface area contributed by atoms with E-state index in [1.165, 1.54) is 6.07 Å². The molecule has 1 saturated heterocycles. The van der Waals surface area contributed by atoms with Crippen molar-refractivity contribution in [3.05, 3.63) is 34.6 Å². The Labute approximate surface area is 117 Å². The Bertz CT molecular complexity index is 481. The van der Waals surface area contributed by atoms with Gasteiger partial charge in [-0.3, -0.25) is 4.79 Å². The first kappa shape index (κ1) is 14.3. The van der Waals surface area contributed by atoms with Crippen molar-refractivity contribution in [3.8, 4) is 0 Å². The van der Waals surface area contributed by atoms with E-state index in [4.69, 9.17) is 11.6 Å². The number of hydrogen-bond donors (Lipinski definition) is 1. The fourth-order valence-electron chi connectivity index (χ4n) is 2.38. The van der Waals surface area contributed by atoms with Gasteiger partial charge >= 0.3 is 0 Å². The summed E-state index contributed by atoms with van der Waals surface area (Å²) < 4.78 is 13.4. The predicted molar refractivity (Wildman–Crippen MR) is 73.6 cm³/mol. The van der Waals surface area contributed by atoms with Gasteiger partial charge in [0.25, 0.3) is 0 Å². The second-order valence-electron chi connectivity index (χ2n) is 5.07. The Morgan fingerprint density at radius 2 is 2.26 bits per heavy atom. The fraction of sp³-hybridized carbons (Fsp3) is 0.500. The number of likely N-dealkylation sites (N-methyl/N-ethyl adjacent to an activating group) is 1. The summed E-state index contributed by atoms with van der Waals surface area (Å²) >= 11 is 5.67. The zero-order valence-corrected chi connectivity index (χ0v) is 11.9. The number of benzene rings is 1. The number of nitrogens with one attached hydrogen (secondary N) is 1. The summed E-state index contributed by atoms with van der Waals surface area (Å²) in [6.07, 6.45) is 1.39. The van der Waals surface area contributed by atoms with Crippen molar-refractivity contribution >= 4 is 17.5 Å². The topological polar surface area (TPSA) is 32.3 Å². The van der Waals surface area contributed by atoms with Crippen LogP contribution in [0.25, 0.3) is 0 Å². The van der Waals surface area contributed by atoms with Crippen molar-refractivity contribution in [2.75, 3.05) is 13.6 Å². The standard InChI is InChI=1S/C14H18ClFN2O/c1-9(10-3-5-12(15)13(16)7-10)17-11-4-6-14(19)18(2)8-11/h3,5,7,9,11,17H,4,6,8H2,1-2H3. The van der Waals surface area contributed by atoms with Crippen LogP contribution in [0.4, 0.5) is 4.39 Å². The van der Waals surface area contributed by atoms with Gasteiger partial charge in [0.05, 0.1) is 5.02 Å². The van der Waals surface area contributed by atoms with E-state index in [9.17, 15) is 9.18 Å². The summed E-state index contributed by atoms with van der Waals surface area (Å²) in [5.74, 6) is -0.216. The molecule has 19 heavy (non-hydrogen) atoms. The number of amides is 1. The number of piperidine rings is 1. The summed E-state index contributed by atoms with van der Waals surface area (Å²) in [5, 5.41) is 3.57. The lowest BCUT2D eigenvalue weighted by Crippen LogP contribution is -2.47. The van der Waals surface area contributed by atoms with Gasteiger partial charge in [-0.2, -0.15) is 0 Å². The van der Waals surface area contributed by atoms with Crippen molar-refractivity contribution in [2.24, 2.45) is 0 Å². The number of nitrogens with zero attached hydrogens (tertiary/aromatic N) is 1. The number of carbonyl (C=O) groups excluding carboxylic acids is 1. The number of rotatable bonds is 3. The lowest BCUT2D eigenvalue weighted by molar-refractivity contribution is -0.132. The van der Waals surface area contributed by atoms with Crippen LogP contribution in [0.2, 0.25) is 5.02 Å². The van der Waals surface area contributed by atoms with Gasteiger partial charge in [-0.05, 0) is 31.0 Å². The van der Waals surface area contributed by atoms with Crippen molar-refractivity contribution in [3.63, 3.8) is 0 Å². The van der Waals surface area contributed by atoms with Gasteiger partial charge in [0.2, 0.25) is 5.91 Å². The molecule has 1 N–H and O–H groups in total. The van der Waals surface area contributed by atoms with Crippen LogP contribution in [0.3, 0.4) is 0 Å². The zero-order valence-electron chi connectivity index (χ0n) is 11.1. The van der Waals surface area contributed by atoms with Crippen molar-refractivity contribution in [2.45, 2.75) is 31.8 Å². The maximum atomic E-state index is 13.4. The maximum absolute atomic E-state index is 13.4. The van der Waals surface area contributed by atoms with Crippen molar-refractivity contribution in [1.82, 2.24) is 10.2 Å². The third-order valence-electron chi connectivity index (χ3n) is 3.56. The average Bonchev–Trinajstić information content (AvgIpc) is 2.37. The molecule has 2 rings (SSSR count). The minimum Gasteiger partial charge on any atom is -0.344 e. The highest BCUT2D eigenvalue weighted by Crippen LogP contribution is 2.21. The van der Waals surface area contributed by atoms with Crippen LogP contribution in [0.1, 0.15) is 31.4 Å². The molecule has 104 valence electrons. The van der Waals surface area contributed by atoms with E-state index in [0.717, 1.165) is 12.0 Å². The molecule has 1 heterocycles. The third kappa shape index (κ3) is 3.45. The molecule has 0 saturated carbocycles. The van der Waals surface area contributed by atoms with Crippen LogP contribution in [-0.2, 0) is 4.79 Å². The number of halogens is 2. The SMILES string of the molecule is CC(NC1CCC(=O)N(C)C1)c1ccc(Cl)c(F)c1. The first-order chi connectivity index (χ1) is 8.97. The fourth-order valence-corrected chi connectivity index (χ4v) is 2.50. The largest absolute Gasteiger partial charge is 0.344 e. The van der Waals surface area contributed by atoms with E-state index in [1.54, 1.807) is 11.0 Å². The molecule has 2 unspecified atom stereocenters. The van der Waals surface area contributed by atoms with Gasteiger partial charge < -0.3 is 10.2 Å². The van der Waals surface area contributed by atoms with Gasteiger partial charge in [-0.15, -0.1) is 0 Å². The third-order valence-corrected chi connectivity index (χ3v) is 3.86. The van der Waals surface area contributed by atoms with E-state index >= 15 is 0 Å². The van der Waals surface area contributed by atoms with Crippen LogP contribution in [0.5, 0.6) is 0 Å².